The van der Waals surface area contributed by atoms with Crippen LogP contribution in [0.4, 0.5) is 13.2 Å². The van der Waals surface area contributed by atoms with Gasteiger partial charge in [0, 0.05) is 6.54 Å². The van der Waals surface area contributed by atoms with E-state index in [0.29, 0.717) is 0 Å². The predicted molar refractivity (Wildman–Crippen MR) is 92.2 cm³/mol. The number of aliphatic carboxylic acids is 1. The Hall–Kier alpha value is -2.59. The first-order chi connectivity index (χ1) is 13.1. The fourth-order valence-electron chi connectivity index (χ4n) is 2.93. The molecule has 1 aliphatic heterocycles. The number of hydrogen-bond acceptors (Lipinski definition) is 4. The second kappa shape index (κ2) is 7.44. The van der Waals surface area contributed by atoms with Gasteiger partial charge in [0.15, 0.2) is 0 Å². The lowest BCUT2D eigenvalue weighted by molar-refractivity contribution is -0.217. The summed E-state index contributed by atoms with van der Waals surface area (Å²) in [4.78, 5) is 11.1. The number of benzene rings is 2. The molecule has 0 saturated carbocycles. The van der Waals surface area contributed by atoms with Crippen molar-refractivity contribution in [1.82, 2.24) is 4.72 Å². The molecule has 150 valence electrons. The van der Waals surface area contributed by atoms with Crippen LogP contribution in [0.5, 0.6) is 5.75 Å². The molecule has 3 rings (SSSR count). The Morgan fingerprint density at radius 3 is 2.46 bits per heavy atom. The Balaban J connectivity index is 1.85. The van der Waals surface area contributed by atoms with Crippen LogP contribution in [0.15, 0.2) is 53.4 Å². The summed E-state index contributed by atoms with van der Waals surface area (Å²) >= 11 is 0. The lowest BCUT2D eigenvalue weighted by Crippen LogP contribution is -2.47. The number of hydrogen-bond donors (Lipinski definition) is 2. The van der Waals surface area contributed by atoms with Crippen LogP contribution < -0.4 is 9.46 Å². The molecule has 0 unspecified atom stereocenters. The molecule has 1 heterocycles. The summed E-state index contributed by atoms with van der Waals surface area (Å²) in [5.41, 5.74) is 0.821. The summed E-state index contributed by atoms with van der Waals surface area (Å²) in [5, 5.41) is 9.13. The number of carbonyl (C=O) groups is 1. The molecule has 28 heavy (non-hydrogen) atoms. The van der Waals surface area contributed by atoms with Gasteiger partial charge < -0.3 is 9.84 Å². The molecule has 2 atom stereocenters. The number of halogens is 3. The standard InChI is InChI=1S/C18H16F3NO5S/c19-18(20,21)16-14(17(23)24)9-12-8-13(6-7-15(12)27-16)28(25,26)22-10-11-4-2-1-3-5-11/h1-8,14,16,22H,9-10H2,(H,23,24)/t14-,16+/m1/s1. The summed E-state index contributed by atoms with van der Waals surface area (Å²) < 4.78 is 71.5. The topological polar surface area (TPSA) is 92.7 Å². The minimum atomic E-state index is -4.86. The first kappa shape index (κ1) is 20.2. The van der Waals surface area contributed by atoms with Gasteiger partial charge >= 0.3 is 12.1 Å². The number of alkyl halides is 3. The fraction of sp³-hybridized carbons (Fsp3) is 0.278. The van der Waals surface area contributed by atoms with E-state index >= 15 is 0 Å². The molecule has 0 bridgehead atoms. The van der Waals surface area contributed by atoms with Crippen molar-refractivity contribution in [2.45, 2.75) is 30.1 Å². The van der Waals surface area contributed by atoms with Gasteiger partial charge in [-0.1, -0.05) is 30.3 Å². The van der Waals surface area contributed by atoms with E-state index in [1.807, 2.05) is 0 Å². The SMILES string of the molecule is O=C(O)[C@@H]1Cc2cc(S(=O)(=O)NCc3ccccc3)ccc2O[C@@H]1C(F)(F)F. The second-order valence-electron chi connectivity index (χ2n) is 6.31. The van der Waals surface area contributed by atoms with Crippen LogP contribution in [0.1, 0.15) is 11.1 Å². The molecule has 0 radical (unpaired) electrons. The van der Waals surface area contributed by atoms with E-state index in [4.69, 9.17) is 9.84 Å². The van der Waals surface area contributed by atoms with E-state index in [9.17, 15) is 26.4 Å². The van der Waals surface area contributed by atoms with Crippen molar-refractivity contribution in [3.63, 3.8) is 0 Å². The van der Waals surface area contributed by atoms with E-state index in [1.54, 1.807) is 30.3 Å². The van der Waals surface area contributed by atoms with Crippen LogP contribution in [0.2, 0.25) is 0 Å². The van der Waals surface area contributed by atoms with Gasteiger partial charge in [-0.2, -0.15) is 13.2 Å². The molecule has 6 nitrogen and oxygen atoms in total. The third-order valence-corrected chi connectivity index (χ3v) is 5.75. The summed E-state index contributed by atoms with van der Waals surface area (Å²) in [5.74, 6) is -3.70. The highest BCUT2D eigenvalue weighted by atomic mass is 32.2. The van der Waals surface area contributed by atoms with E-state index < -0.39 is 40.6 Å². The van der Waals surface area contributed by atoms with Crippen LogP contribution >= 0.6 is 0 Å². The number of ether oxygens (including phenoxy) is 1. The summed E-state index contributed by atoms with van der Waals surface area (Å²) in [6.45, 7) is 0.0324. The van der Waals surface area contributed by atoms with Crippen molar-refractivity contribution in [3.8, 4) is 5.75 Å². The highest BCUT2D eigenvalue weighted by Crippen LogP contribution is 2.39. The van der Waals surface area contributed by atoms with Crippen molar-refractivity contribution in [2.24, 2.45) is 5.92 Å². The van der Waals surface area contributed by atoms with Gasteiger partial charge in [0.1, 0.15) is 11.7 Å². The van der Waals surface area contributed by atoms with Crippen LogP contribution in [0, 0.1) is 5.92 Å². The maximum absolute atomic E-state index is 13.1. The number of sulfonamides is 1. The van der Waals surface area contributed by atoms with Crippen LogP contribution in [0.25, 0.3) is 0 Å². The number of rotatable bonds is 5. The van der Waals surface area contributed by atoms with Gasteiger partial charge in [-0.3, -0.25) is 4.79 Å². The van der Waals surface area contributed by atoms with E-state index in [0.717, 1.165) is 23.8 Å². The second-order valence-corrected chi connectivity index (χ2v) is 8.08. The molecule has 2 aromatic rings. The Labute approximate surface area is 159 Å². The maximum atomic E-state index is 13.1. The molecule has 0 aromatic heterocycles. The first-order valence-electron chi connectivity index (χ1n) is 8.20. The molecule has 0 spiro atoms. The predicted octanol–water partition coefficient (Wildman–Crippen LogP) is 2.73. The Kier molecular flexibility index (Phi) is 5.35. The van der Waals surface area contributed by atoms with Crippen molar-refractivity contribution < 1.29 is 36.2 Å². The van der Waals surface area contributed by atoms with E-state index in [2.05, 4.69) is 4.72 Å². The van der Waals surface area contributed by atoms with Crippen LogP contribution in [-0.4, -0.2) is 31.8 Å². The summed E-state index contributed by atoms with van der Waals surface area (Å²) in [6.07, 6.45) is -7.84. The van der Waals surface area contributed by atoms with E-state index in [-0.39, 0.29) is 22.8 Å². The molecule has 2 N–H and O–H groups in total. The van der Waals surface area contributed by atoms with Gasteiger partial charge in [-0.05, 0) is 35.7 Å². The monoisotopic (exact) mass is 415 g/mol. The third-order valence-electron chi connectivity index (χ3n) is 4.35. The fourth-order valence-corrected chi connectivity index (χ4v) is 4.00. The average molecular weight is 415 g/mol. The molecule has 0 fully saturated rings. The van der Waals surface area contributed by atoms with Crippen molar-refractivity contribution >= 4 is 16.0 Å². The lowest BCUT2D eigenvalue weighted by Gasteiger charge is -2.32. The highest BCUT2D eigenvalue weighted by molar-refractivity contribution is 7.89. The van der Waals surface area contributed by atoms with Crippen LogP contribution in [0.3, 0.4) is 0 Å². The average Bonchev–Trinajstić information content (AvgIpc) is 2.65. The molecular formula is C18H16F3NO5S. The van der Waals surface area contributed by atoms with Gasteiger partial charge in [-0.25, -0.2) is 13.1 Å². The van der Waals surface area contributed by atoms with E-state index in [1.165, 1.54) is 0 Å². The summed E-state index contributed by atoms with van der Waals surface area (Å²) in [7, 11) is -3.95. The third kappa shape index (κ3) is 4.28. The van der Waals surface area contributed by atoms with Crippen molar-refractivity contribution in [3.05, 3.63) is 59.7 Å². The minimum absolute atomic E-state index is 0.0324. The Morgan fingerprint density at radius 1 is 1.18 bits per heavy atom. The highest BCUT2D eigenvalue weighted by Gasteiger charge is 2.52. The number of nitrogens with one attached hydrogen (secondary N) is 1. The lowest BCUT2D eigenvalue weighted by atomic mass is 9.90. The van der Waals surface area contributed by atoms with Gasteiger partial charge in [-0.15, -0.1) is 0 Å². The zero-order valence-electron chi connectivity index (χ0n) is 14.3. The Morgan fingerprint density at radius 2 is 1.86 bits per heavy atom. The smallest absolute Gasteiger partial charge is 0.426 e. The van der Waals surface area contributed by atoms with Crippen LogP contribution in [-0.2, 0) is 27.8 Å². The largest absolute Gasteiger partial charge is 0.481 e. The first-order valence-corrected chi connectivity index (χ1v) is 9.69. The number of carboxylic acids is 1. The quantitative estimate of drug-likeness (QED) is 0.784. The van der Waals surface area contributed by atoms with Gasteiger partial charge in [0.2, 0.25) is 16.1 Å². The normalized spacial score (nSPS) is 19.5. The molecule has 1 aliphatic rings. The number of fused-ring (bicyclic) bond motifs is 1. The zero-order valence-corrected chi connectivity index (χ0v) is 15.1. The van der Waals surface area contributed by atoms with Crippen molar-refractivity contribution in [1.29, 1.82) is 0 Å². The number of carboxylic acid groups (broad SMARTS) is 1. The Bertz CT molecular complexity index is 976. The molecule has 0 saturated heterocycles. The zero-order chi connectivity index (χ0) is 20.5. The summed E-state index contributed by atoms with van der Waals surface area (Å²) in [6, 6.07) is 12.1. The molecule has 10 heteroatoms. The van der Waals surface area contributed by atoms with Gasteiger partial charge in [0.25, 0.3) is 0 Å². The molecule has 2 aromatic carbocycles. The molecule has 0 aliphatic carbocycles. The maximum Gasteiger partial charge on any atom is 0.426 e. The molecule has 0 amide bonds. The van der Waals surface area contributed by atoms with Crippen molar-refractivity contribution in [2.75, 3.05) is 0 Å². The minimum Gasteiger partial charge on any atom is -0.481 e. The van der Waals surface area contributed by atoms with Gasteiger partial charge in [0.05, 0.1) is 4.90 Å². The molecular weight excluding hydrogens is 399 g/mol.